The van der Waals surface area contributed by atoms with Gasteiger partial charge in [0.2, 0.25) is 0 Å². The van der Waals surface area contributed by atoms with Crippen LogP contribution < -0.4 is 5.73 Å². The number of nitrogens with zero attached hydrogens (tertiary/aromatic N) is 3. The maximum absolute atomic E-state index is 12.4. The van der Waals surface area contributed by atoms with Crippen LogP contribution in [0.2, 0.25) is 0 Å². The van der Waals surface area contributed by atoms with Crippen LogP contribution in [0.25, 0.3) is 0 Å². The summed E-state index contributed by atoms with van der Waals surface area (Å²) in [5.41, 5.74) is 7.02. The van der Waals surface area contributed by atoms with Crippen LogP contribution in [0.5, 0.6) is 0 Å². The van der Waals surface area contributed by atoms with Crippen LogP contribution >= 0.6 is 0 Å². The molecule has 1 aliphatic rings. The van der Waals surface area contributed by atoms with Crippen molar-refractivity contribution in [3.8, 4) is 0 Å². The summed E-state index contributed by atoms with van der Waals surface area (Å²) in [6.45, 7) is 8.54. The van der Waals surface area contributed by atoms with Gasteiger partial charge in [0.15, 0.2) is 0 Å². The van der Waals surface area contributed by atoms with Gasteiger partial charge in [0.25, 0.3) is 0 Å². The summed E-state index contributed by atoms with van der Waals surface area (Å²) < 4.78 is 14.4. The Morgan fingerprint density at radius 1 is 1.50 bits per heavy atom. The topological polar surface area (TPSA) is 47.1 Å². The fourth-order valence-electron chi connectivity index (χ4n) is 2.59. The molecule has 1 aromatic rings. The molecule has 0 saturated carbocycles. The van der Waals surface area contributed by atoms with Crippen LogP contribution in [0, 0.1) is 0 Å². The summed E-state index contributed by atoms with van der Waals surface area (Å²) in [5.74, 6) is 0.573. The highest BCUT2D eigenvalue weighted by atomic mass is 19.1. The van der Waals surface area contributed by atoms with Gasteiger partial charge < -0.3 is 5.73 Å². The smallest absolute Gasteiger partial charge is 0.145 e. The molecule has 2 rings (SSSR count). The molecule has 0 spiro atoms. The lowest BCUT2D eigenvalue weighted by atomic mass is 9.91. The summed E-state index contributed by atoms with van der Waals surface area (Å²) in [6, 6.07) is 2.28. The molecule has 2 heterocycles. The standard InChI is InChI=1S/C13H23FN4/c1-13(2,3)11-8-12(15)16-18(11)10-4-6-17(9-10)7-5-14/h8,10H,4-7,9H2,1-3H3,(H2,15,16)/t10-/m0/s1. The molecule has 0 aliphatic carbocycles. The number of hydrogen-bond acceptors (Lipinski definition) is 3. The Morgan fingerprint density at radius 3 is 2.83 bits per heavy atom. The van der Waals surface area contributed by atoms with Gasteiger partial charge >= 0.3 is 0 Å². The third-order valence-electron chi connectivity index (χ3n) is 3.52. The molecule has 1 aromatic heterocycles. The van der Waals surface area contributed by atoms with Crippen molar-refractivity contribution < 1.29 is 4.39 Å². The molecule has 18 heavy (non-hydrogen) atoms. The lowest BCUT2D eigenvalue weighted by Gasteiger charge is -2.23. The highest BCUT2D eigenvalue weighted by Crippen LogP contribution is 2.30. The number of nitrogens with two attached hydrogens (primary N) is 1. The van der Waals surface area contributed by atoms with Gasteiger partial charge in [0.05, 0.1) is 6.04 Å². The van der Waals surface area contributed by atoms with Crippen molar-refractivity contribution >= 4 is 5.82 Å². The van der Waals surface area contributed by atoms with Crippen molar-refractivity contribution in [1.29, 1.82) is 0 Å². The van der Waals surface area contributed by atoms with Crippen LogP contribution in [-0.2, 0) is 5.41 Å². The Kier molecular flexibility index (Phi) is 3.61. The zero-order valence-corrected chi connectivity index (χ0v) is 11.5. The summed E-state index contributed by atoms with van der Waals surface area (Å²) >= 11 is 0. The minimum Gasteiger partial charge on any atom is -0.382 e. The Morgan fingerprint density at radius 2 is 2.22 bits per heavy atom. The van der Waals surface area contributed by atoms with Gasteiger partial charge in [-0.15, -0.1) is 0 Å². The highest BCUT2D eigenvalue weighted by Gasteiger charge is 2.29. The van der Waals surface area contributed by atoms with E-state index in [-0.39, 0.29) is 12.1 Å². The molecular weight excluding hydrogens is 231 g/mol. The van der Waals surface area contributed by atoms with Crippen LogP contribution in [-0.4, -0.2) is 41.0 Å². The number of nitrogen functional groups attached to an aromatic ring is 1. The van der Waals surface area contributed by atoms with E-state index < -0.39 is 0 Å². The molecule has 0 aromatic carbocycles. The molecule has 1 atom stereocenters. The number of rotatable bonds is 3. The van der Waals surface area contributed by atoms with Crippen LogP contribution in [0.1, 0.15) is 38.9 Å². The van der Waals surface area contributed by atoms with Crippen molar-refractivity contribution in [3.63, 3.8) is 0 Å². The lowest BCUT2D eigenvalue weighted by Crippen LogP contribution is -2.26. The zero-order valence-electron chi connectivity index (χ0n) is 11.5. The van der Waals surface area contributed by atoms with E-state index in [4.69, 9.17) is 5.73 Å². The van der Waals surface area contributed by atoms with Crippen LogP contribution in [0.15, 0.2) is 6.07 Å². The largest absolute Gasteiger partial charge is 0.382 e. The van der Waals surface area contributed by atoms with Gasteiger partial charge in [-0.3, -0.25) is 9.58 Å². The molecule has 0 unspecified atom stereocenters. The predicted octanol–water partition coefficient (Wildman–Crippen LogP) is 1.98. The molecule has 102 valence electrons. The average Bonchev–Trinajstić information content (AvgIpc) is 2.84. The molecule has 0 radical (unpaired) electrons. The predicted molar refractivity (Wildman–Crippen MR) is 71.4 cm³/mol. The zero-order chi connectivity index (χ0) is 13.3. The normalized spacial score (nSPS) is 21.7. The Labute approximate surface area is 108 Å². The first-order chi connectivity index (χ1) is 8.41. The third kappa shape index (κ3) is 2.66. The first-order valence-electron chi connectivity index (χ1n) is 6.55. The summed E-state index contributed by atoms with van der Waals surface area (Å²) in [7, 11) is 0. The molecule has 1 aliphatic heterocycles. The Hall–Kier alpha value is -1.10. The van der Waals surface area contributed by atoms with Crippen molar-refractivity contribution in [3.05, 3.63) is 11.8 Å². The number of alkyl halides is 1. The number of likely N-dealkylation sites (tertiary alicyclic amines) is 1. The van der Waals surface area contributed by atoms with Gasteiger partial charge in [-0.05, 0) is 6.42 Å². The van der Waals surface area contributed by atoms with E-state index in [1.165, 1.54) is 0 Å². The van der Waals surface area contributed by atoms with E-state index in [1.807, 2.05) is 10.7 Å². The maximum Gasteiger partial charge on any atom is 0.145 e. The fourth-order valence-corrected chi connectivity index (χ4v) is 2.59. The first kappa shape index (κ1) is 13.3. The quantitative estimate of drug-likeness (QED) is 0.897. The monoisotopic (exact) mass is 254 g/mol. The molecular formula is C13H23FN4. The number of hydrogen-bond donors (Lipinski definition) is 1. The molecule has 0 bridgehead atoms. The lowest BCUT2D eigenvalue weighted by molar-refractivity contribution is 0.282. The Bertz CT molecular complexity index is 408. The van der Waals surface area contributed by atoms with E-state index in [2.05, 4.69) is 30.8 Å². The van der Waals surface area contributed by atoms with Gasteiger partial charge in [-0.25, -0.2) is 4.39 Å². The van der Waals surface area contributed by atoms with E-state index in [9.17, 15) is 4.39 Å². The highest BCUT2D eigenvalue weighted by molar-refractivity contribution is 5.33. The molecule has 1 fully saturated rings. The second-order valence-corrected chi connectivity index (χ2v) is 6.08. The Balaban J connectivity index is 2.19. The summed E-state index contributed by atoms with van der Waals surface area (Å²) in [6.07, 6.45) is 1.02. The van der Waals surface area contributed by atoms with Crippen molar-refractivity contribution in [1.82, 2.24) is 14.7 Å². The van der Waals surface area contributed by atoms with Crippen molar-refractivity contribution in [2.45, 2.75) is 38.6 Å². The minimum absolute atomic E-state index is 0.0259. The van der Waals surface area contributed by atoms with Crippen molar-refractivity contribution in [2.24, 2.45) is 0 Å². The van der Waals surface area contributed by atoms with Crippen molar-refractivity contribution in [2.75, 3.05) is 32.0 Å². The second-order valence-electron chi connectivity index (χ2n) is 6.08. The van der Waals surface area contributed by atoms with E-state index >= 15 is 0 Å². The minimum atomic E-state index is -0.278. The van der Waals surface area contributed by atoms with Crippen LogP contribution in [0.3, 0.4) is 0 Å². The molecule has 5 heteroatoms. The van der Waals surface area contributed by atoms with Gasteiger partial charge in [-0.1, -0.05) is 20.8 Å². The second kappa shape index (κ2) is 4.88. The fraction of sp³-hybridized carbons (Fsp3) is 0.769. The molecule has 4 nitrogen and oxygen atoms in total. The van der Waals surface area contributed by atoms with E-state index in [0.29, 0.717) is 18.4 Å². The van der Waals surface area contributed by atoms with E-state index in [0.717, 1.165) is 25.2 Å². The number of aromatic nitrogens is 2. The molecule has 2 N–H and O–H groups in total. The first-order valence-corrected chi connectivity index (χ1v) is 6.55. The van der Waals surface area contributed by atoms with Gasteiger partial charge in [-0.2, -0.15) is 5.10 Å². The molecule has 1 saturated heterocycles. The van der Waals surface area contributed by atoms with E-state index in [1.54, 1.807) is 0 Å². The average molecular weight is 254 g/mol. The third-order valence-corrected chi connectivity index (χ3v) is 3.52. The summed E-state index contributed by atoms with van der Waals surface area (Å²) in [4.78, 5) is 2.15. The maximum atomic E-state index is 12.4. The number of anilines is 1. The number of halogens is 1. The van der Waals surface area contributed by atoms with Gasteiger partial charge in [0.1, 0.15) is 12.5 Å². The SMILES string of the molecule is CC(C)(C)c1cc(N)nn1[C@H]1CCN(CCF)C1. The van der Waals surface area contributed by atoms with Crippen LogP contribution in [0.4, 0.5) is 10.2 Å². The van der Waals surface area contributed by atoms with Gasteiger partial charge in [0, 0.05) is 36.8 Å². The summed E-state index contributed by atoms with van der Waals surface area (Å²) in [5, 5.41) is 4.43. The molecule has 0 amide bonds.